The molecule has 0 unspecified atom stereocenters. The quantitative estimate of drug-likeness (QED) is 0.820. The number of benzene rings is 1. The van der Waals surface area contributed by atoms with Crippen LogP contribution in [0.4, 0.5) is 5.69 Å². The van der Waals surface area contributed by atoms with Crippen molar-refractivity contribution in [1.82, 2.24) is 4.90 Å². The van der Waals surface area contributed by atoms with Crippen LogP contribution >= 0.6 is 35.8 Å². The van der Waals surface area contributed by atoms with E-state index in [0.29, 0.717) is 33.9 Å². The summed E-state index contributed by atoms with van der Waals surface area (Å²) in [5, 5.41) is 3.86. The van der Waals surface area contributed by atoms with E-state index in [1.165, 1.54) is 17.8 Å². The molecule has 1 aliphatic rings. The number of likely N-dealkylation sites (N-methyl/N-ethyl adjacent to an activating group) is 1. The smallest absolute Gasteiger partial charge is 0.266 e. The first-order valence-corrected chi connectivity index (χ1v) is 8.07. The Morgan fingerprint density at radius 1 is 1.43 bits per heavy atom. The zero-order valence-corrected chi connectivity index (χ0v) is 15.1. The second-order valence-electron chi connectivity index (χ2n) is 4.42. The topological polar surface area (TPSA) is 61.8 Å². The van der Waals surface area contributed by atoms with Gasteiger partial charge in [-0.1, -0.05) is 17.7 Å². The average molecular weight is 374 g/mol. The number of aliphatic imine (C=N–C) groups is 1. The predicted octanol–water partition coefficient (Wildman–Crippen LogP) is 3.56. The first kappa shape index (κ1) is 19.5. The maximum Gasteiger partial charge on any atom is 0.266 e. The van der Waals surface area contributed by atoms with Crippen molar-refractivity contribution in [3.63, 3.8) is 0 Å². The Labute approximate surface area is 150 Å². The summed E-state index contributed by atoms with van der Waals surface area (Å²) in [4.78, 5) is 30.5. The van der Waals surface area contributed by atoms with Gasteiger partial charge in [-0.2, -0.15) is 0 Å². The Kier molecular flexibility index (Phi) is 7.61. The summed E-state index contributed by atoms with van der Waals surface area (Å²) in [5.41, 5.74) is 0.583. The summed E-state index contributed by atoms with van der Waals surface area (Å²) in [6, 6.07) is 6.84. The molecule has 1 fully saturated rings. The van der Waals surface area contributed by atoms with E-state index >= 15 is 0 Å². The number of thioether (sulfide) groups is 1. The number of rotatable bonds is 4. The molecule has 0 saturated carbocycles. The van der Waals surface area contributed by atoms with Gasteiger partial charge in [0.1, 0.15) is 0 Å². The third-order valence-corrected chi connectivity index (χ3v) is 4.13. The molecule has 2 rings (SSSR count). The summed E-state index contributed by atoms with van der Waals surface area (Å²) < 4.78 is 0. The van der Waals surface area contributed by atoms with Crippen LogP contribution in [0.2, 0.25) is 5.02 Å². The van der Waals surface area contributed by atoms with Crippen molar-refractivity contribution in [2.24, 2.45) is 4.99 Å². The third-order valence-electron chi connectivity index (χ3n) is 2.85. The van der Waals surface area contributed by atoms with Crippen LogP contribution in [0.3, 0.4) is 0 Å². The van der Waals surface area contributed by atoms with E-state index < -0.39 is 0 Å². The van der Waals surface area contributed by atoms with Crippen molar-refractivity contribution in [3.05, 3.63) is 40.3 Å². The molecule has 1 aromatic rings. The monoisotopic (exact) mass is 373 g/mol. The Hall–Kier alpha value is -1.50. The van der Waals surface area contributed by atoms with Gasteiger partial charge >= 0.3 is 0 Å². The summed E-state index contributed by atoms with van der Waals surface area (Å²) in [6.07, 6.45) is 1.30. The van der Waals surface area contributed by atoms with Crippen LogP contribution in [0.25, 0.3) is 0 Å². The Morgan fingerprint density at radius 3 is 2.78 bits per heavy atom. The standard InChI is InChI=1S/C15H16ClN3O2S.ClH/c1-3-17-15-19(4-2)14(21)12(22-15)9-13(20)18-11-7-5-6-10(16)8-11;/h5-9H,3-4H2,1-2H3,(H,18,20);1H/b12-9+,17-15?;. The van der Waals surface area contributed by atoms with Crippen LogP contribution in [-0.2, 0) is 9.59 Å². The Balaban J connectivity index is 0.00000264. The second kappa shape index (κ2) is 8.96. The lowest BCUT2D eigenvalue weighted by Gasteiger charge is -2.11. The first-order chi connectivity index (χ1) is 10.5. The van der Waals surface area contributed by atoms with E-state index in [1.54, 1.807) is 29.2 Å². The van der Waals surface area contributed by atoms with Gasteiger partial charge in [-0.3, -0.25) is 19.5 Å². The third kappa shape index (κ3) is 4.99. The molecule has 124 valence electrons. The van der Waals surface area contributed by atoms with Gasteiger partial charge in [0.2, 0.25) is 5.91 Å². The maximum atomic E-state index is 12.2. The second-order valence-corrected chi connectivity index (χ2v) is 5.86. The molecule has 8 heteroatoms. The molecule has 0 bridgehead atoms. The van der Waals surface area contributed by atoms with E-state index in [9.17, 15) is 9.59 Å². The number of carbonyl (C=O) groups is 2. The van der Waals surface area contributed by atoms with Crippen LogP contribution in [0.5, 0.6) is 0 Å². The van der Waals surface area contributed by atoms with E-state index in [4.69, 9.17) is 11.6 Å². The lowest BCUT2D eigenvalue weighted by molar-refractivity contribution is -0.122. The van der Waals surface area contributed by atoms with Crippen molar-refractivity contribution in [1.29, 1.82) is 0 Å². The molecule has 0 radical (unpaired) electrons. The van der Waals surface area contributed by atoms with E-state index in [0.717, 1.165) is 0 Å². The molecule has 23 heavy (non-hydrogen) atoms. The summed E-state index contributed by atoms with van der Waals surface area (Å²) in [5.74, 6) is -0.562. The fraction of sp³-hybridized carbons (Fsp3) is 0.267. The van der Waals surface area contributed by atoms with Crippen LogP contribution in [-0.4, -0.2) is 35.0 Å². The molecule has 0 spiro atoms. The summed E-state index contributed by atoms with van der Waals surface area (Å²) in [7, 11) is 0. The highest BCUT2D eigenvalue weighted by Crippen LogP contribution is 2.30. The van der Waals surface area contributed by atoms with Crippen molar-refractivity contribution < 1.29 is 9.59 Å². The van der Waals surface area contributed by atoms with Crippen molar-refractivity contribution in [2.75, 3.05) is 18.4 Å². The SMILES string of the molecule is CCN=C1S/C(=C/C(=O)Nc2cccc(Cl)c2)C(=O)N1CC.Cl. The zero-order valence-electron chi connectivity index (χ0n) is 12.7. The van der Waals surface area contributed by atoms with Crippen molar-refractivity contribution in [3.8, 4) is 0 Å². The van der Waals surface area contributed by atoms with Crippen LogP contribution < -0.4 is 5.32 Å². The number of hydrogen-bond acceptors (Lipinski definition) is 4. The number of hydrogen-bond donors (Lipinski definition) is 1. The van der Waals surface area contributed by atoms with Crippen LogP contribution in [0.1, 0.15) is 13.8 Å². The highest BCUT2D eigenvalue weighted by atomic mass is 35.5. The van der Waals surface area contributed by atoms with Gasteiger partial charge in [0, 0.05) is 29.9 Å². The molecular weight excluding hydrogens is 357 g/mol. The minimum atomic E-state index is -0.369. The van der Waals surface area contributed by atoms with Crippen molar-refractivity contribution in [2.45, 2.75) is 13.8 Å². The lowest BCUT2D eigenvalue weighted by atomic mass is 10.3. The Bertz CT molecular complexity index is 662. The number of halogens is 2. The van der Waals surface area contributed by atoms with E-state index in [-0.39, 0.29) is 24.2 Å². The molecule has 1 N–H and O–H groups in total. The number of amidine groups is 1. The van der Waals surface area contributed by atoms with Gasteiger partial charge in [-0.15, -0.1) is 12.4 Å². The van der Waals surface area contributed by atoms with Crippen LogP contribution in [0, 0.1) is 0 Å². The van der Waals surface area contributed by atoms with Gasteiger partial charge in [-0.25, -0.2) is 0 Å². The molecule has 0 atom stereocenters. The number of nitrogens with zero attached hydrogens (tertiary/aromatic N) is 2. The number of carbonyl (C=O) groups excluding carboxylic acids is 2. The molecular formula is C15H17Cl2N3O2S. The van der Waals surface area contributed by atoms with Gasteiger partial charge in [0.15, 0.2) is 5.17 Å². The normalized spacial score (nSPS) is 17.5. The summed E-state index contributed by atoms with van der Waals surface area (Å²) >= 11 is 7.08. The fourth-order valence-electron chi connectivity index (χ4n) is 1.90. The maximum absolute atomic E-state index is 12.2. The average Bonchev–Trinajstić information content (AvgIpc) is 2.75. The number of anilines is 1. The molecule has 0 aliphatic carbocycles. The predicted molar refractivity (Wildman–Crippen MR) is 98.4 cm³/mol. The number of nitrogens with one attached hydrogen (secondary N) is 1. The molecule has 1 aliphatic heterocycles. The van der Waals surface area contributed by atoms with Crippen molar-refractivity contribution >= 4 is 58.4 Å². The van der Waals surface area contributed by atoms with Gasteiger partial charge in [-0.05, 0) is 43.8 Å². The first-order valence-electron chi connectivity index (χ1n) is 6.87. The fourth-order valence-corrected chi connectivity index (χ4v) is 3.17. The van der Waals surface area contributed by atoms with Crippen LogP contribution in [0.15, 0.2) is 40.2 Å². The minimum absolute atomic E-state index is 0. The molecule has 1 aromatic carbocycles. The molecule has 2 amide bonds. The Morgan fingerprint density at radius 2 is 2.17 bits per heavy atom. The lowest BCUT2D eigenvalue weighted by Crippen LogP contribution is -2.29. The van der Waals surface area contributed by atoms with E-state index in [2.05, 4.69) is 10.3 Å². The number of amides is 2. The van der Waals surface area contributed by atoms with Gasteiger partial charge in [0.25, 0.3) is 5.91 Å². The minimum Gasteiger partial charge on any atom is -0.322 e. The molecule has 0 aromatic heterocycles. The largest absolute Gasteiger partial charge is 0.322 e. The summed E-state index contributed by atoms with van der Waals surface area (Å²) in [6.45, 7) is 4.89. The highest BCUT2D eigenvalue weighted by molar-refractivity contribution is 8.18. The van der Waals surface area contributed by atoms with Gasteiger partial charge in [0.05, 0.1) is 4.91 Å². The highest BCUT2D eigenvalue weighted by Gasteiger charge is 2.32. The molecule has 1 heterocycles. The molecule has 5 nitrogen and oxygen atoms in total. The zero-order chi connectivity index (χ0) is 16.1. The van der Waals surface area contributed by atoms with Gasteiger partial charge < -0.3 is 5.32 Å². The molecule has 1 saturated heterocycles. The van der Waals surface area contributed by atoms with E-state index in [1.807, 2.05) is 13.8 Å².